The first-order valence-corrected chi connectivity index (χ1v) is 10.9. The van der Waals surface area contributed by atoms with Gasteiger partial charge in [-0.15, -0.1) is 0 Å². The van der Waals surface area contributed by atoms with Crippen LogP contribution in [0.25, 0.3) is 5.57 Å². The highest BCUT2D eigenvalue weighted by Crippen LogP contribution is 2.54. The standard InChI is InChI=1S/C29H29N/c1-20-9-13-22(14-10-20)30(23-15-11-21(2)12-16-23)24-17-18-26-25-7-5-6-8-27(25)29(3,4)28(26)19-24/h5-18,28H,19H2,1-4H3. The van der Waals surface area contributed by atoms with Gasteiger partial charge in [0.2, 0.25) is 0 Å². The minimum atomic E-state index is 0.133. The SMILES string of the molecule is Cc1ccc(N(C2=CC=C3c4ccccc4C(C)(C)C3C2)c2ccc(C)cc2)cc1. The van der Waals surface area contributed by atoms with Crippen molar-refractivity contribution < 1.29 is 0 Å². The van der Waals surface area contributed by atoms with E-state index in [-0.39, 0.29) is 5.41 Å². The van der Waals surface area contributed by atoms with Crippen molar-refractivity contribution in [1.82, 2.24) is 0 Å². The molecule has 5 rings (SSSR count). The normalized spacial score (nSPS) is 18.9. The molecule has 2 aliphatic rings. The number of rotatable bonds is 3. The van der Waals surface area contributed by atoms with Crippen LogP contribution in [0, 0.1) is 19.8 Å². The van der Waals surface area contributed by atoms with Crippen LogP contribution < -0.4 is 4.90 Å². The predicted molar refractivity (Wildman–Crippen MR) is 128 cm³/mol. The van der Waals surface area contributed by atoms with E-state index in [1.165, 1.54) is 44.9 Å². The number of allylic oxidation sites excluding steroid dienone is 4. The summed E-state index contributed by atoms with van der Waals surface area (Å²) in [5.41, 5.74) is 10.9. The van der Waals surface area contributed by atoms with Gasteiger partial charge in [0, 0.05) is 17.1 Å². The molecule has 1 unspecified atom stereocenters. The van der Waals surface area contributed by atoms with Gasteiger partial charge < -0.3 is 4.90 Å². The van der Waals surface area contributed by atoms with E-state index in [0.29, 0.717) is 5.92 Å². The molecule has 0 amide bonds. The lowest BCUT2D eigenvalue weighted by molar-refractivity contribution is 0.406. The smallest absolute Gasteiger partial charge is 0.0458 e. The molecule has 1 heteroatoms. The molecule has 2 aliphatic carbocycles. The fourth-order valence-corrected chi connectivity index (χ4v) is 5.13. The maximum Gasteiger partial charge on any atom is 0.0458 e. The number of hydrogen-bond donors (Lipinski definition) is 0. The van der Waals surface area contributed by atoms with E-state index in [4.69, 9.17) is 0 Å². The van der Waals surface area contributed by atoms with Crippen LogP contribution in [0.4, 0.5) is 11.4 Å². The minimum absolute atomic E-state index is 0.133. The average molecular weight is 392 g/mol. The number of fused-ring (bicyclic) bond motifs is 3. The molecular weight excluding hydrogens is 362 g/mol. The Bertz CT molecular complexity index is 1100. The van der Waals surface area contributed by atoms with Crippen LogP contribution in [0.1, 0.15) is 42.5 Å². The lowest BCUT2D eigenvalue weighted by Gasteiger charge is -2.36. The van der Waals surface area contributed by atoms with Gasteiger partial charge in [-0.25, -0.2) is 0 Å². The van der Waals surface area contributed by atoms with Gasteiger partial charge in [0.1, 0.15) is 0 Å². The van der Waals surface area contributed by atoms with Crippen molar-refractivity contribution in [3.05, 3.63) is 113 Å². The second-order valence-electron chi connectivity index (χ2n) is 9.31. The molecule has 0 N–H and O–H groups in total. The summed E-state index contributed by atoms with van der Waals surface area (Å²) < 4.78 is 0. The molecule has 0 aliphatic heterocycles. The Morgan fingerprint density at radius 1 is 0.733 bits per heavy atom. The summed E-state index contributed by atoms with van der Waals surface area (Å²) in [5.74, 6) is 0.494. The van der Waals surface area contributed by atoms with Crippen LogP contribution >= 0.6 is 0 Å². The number of hydrogen-bond acceptors (Lipinski definition) is 1. The quantitative estimate of drug-likeness (QED) is 0.442. The summed E-state index contributed by atoms with van der Waals surface area (Å²) in [6, 6.07) is 26.7. The highest BCUT2D eigenvalue weighted by Gasteiger charge is 2.44. The van der Waals surface area contributed by atoms with Gasteiger partial charge in [-0.2, -0.15) is 0 Å². The maximum atomic E-state index is 2.44. The van der Waals surface area contributed by atoms with Crippen molar-refractivity contribution in [3.63, 3.8) is 0 Å². The first kappa shape index (κ1) is 18.9. The topological polar surface area (TPSA) is 3.24 Å². The van der Waals surface area contributed by atoms with Crippen molar-refractivity contribution in [2.45, 2.75) is 39.5 Å². The molecule has 0 spiro atoms. The van der Waals surface area contributed by atoms with Crippen LogP contribution in [0.5, 0.6) is 0 Å². The Labute approximate surface area is 180 Å². The van der Waals surface area contributed by atoms with Crippen LogP contribution in [0.15, 0.2) is 90.6 Å². The first-order valence-electron chi connectivity index (χ1n) is 10.9. The monoisotopic (exact) mass is 391 g/mol. The van der Waals surface area contributed by atoms with Gasteiger partial charge >= 0.3 is 0 Å². The molecule has 0 saturated carbocycles. The summed E-state index contributed by atoms with van der Waals surface area (Å²) in [6.45, 7) is 9.10. The molecule has 150 valence electrons. The Morgan fingerprint density at radius 3 is 1.90 bits per heavy atom. The molecule has 1 atom stereocenters. The van der Waals surface area contributed by atoms with Crippen molar-refractivity contribution in [1.29, 1.82) is 0 Å². The van der Waals surface area contributed by atoms with E-state index in [1.54, 1.807) is 0 Å². The highest BCUT2D eigenvalue weighted by atomic mass is 15.1. The van der Waals surface area contributed by atoms with Crippen LogP contribution in [-0.2, 0) is 5.41 Å². The second kappa shape index (κ2) is 7.02. The molecule has 0 saturated heterocycles. The van der Waals surface area contributed by atoms with Gasteiger partial charge in [0.25, 0.3) is 0 Å². The molecule has 0 fully saturated rings. The molecule has 0 radical (unpaired) electrons. The van der Waals surface area contributed by atoms with Crippen LogP contribution in [0.3, 0.4) is 0 Å². The Kier molecular flexibility index (Phi) is 4.43. The van der Waals surface area contributed by atoms with Crippen LogP contribution in [0.2, 0.25) is 0 Å². The average Bonchev–Trinajstić information content (AvgIpc) is 2.98. The largest absolute Gasteiger partial charge is 0.314 e. The predicted octanol–water partition coefficient (Wildman–Crippen LogP) is 7.72. The summed E-state index contributed by atoms with van der Waals surface area (Å²) in [7, 11) is 0. The minimum Gasteiger partial charge on any atom is -0.314 e. The molecule has 3 aromatic rings. The summed E-state index contributed by atoms with van der Waals surface area (Å²) in [6.07, 6.45) is 5.74. The molecule has 30 heavy (non-hydrogen) atoms. The van der Waals surface area contributed by atoms with Gasteiger partial charge in [0.05, 0.1) is 0 Å². The van der Waals surface area contributed by atoms with E-state index in [0.717, 1.165) is 6.42 Å². The molecule has 0 bridgehead atoms. The van der Waals surface area contributed by atoms with Gasteiger partial charge in [-0.1, -0.05) is 79.6 Å². The third-order valence-electron chi connectivity index (χ3n) is 6.92. The fourth-order valence-electron chi connectivity index (χ4n) is 5.13. The summed E-state index contributed by atoms with van der Waals surface area (Å²) in [4.78, 5) is 2.44. The van der Waals surface area contributed by atoms with Crippen molar-refractivity contribution in [2.75, 3.05) is 4.90 Å². The number of nitrogens with zero attached hydrogens (tertiary/aromatic N) is 1. The van der Waals surface area contributed by atoms with Crippen molar-refractivity contribution >= 4 is 16.9 Å². The number of benzene rings is 3. The lowest BCUT2D eigenvalue weighted by Crippen LogP contribution is -2.28. The molecule has 0 aromatic heterocycles. The van der Waals surface area contributed by atoms with Crippen molar-refractivity contribution in [2.24, 2.45) is 5.92 Å². The van der Waals surface area contributed by atoms with Crippen LogP contribution in [-0.4, -0.2) is 0 Å². The first-order chi connectivity index (χ1) is 14.4. The van der Waals surface area contributed by atoms with E-state index in [1.807, 2.05) is 0 Å². The van der Waals surface area contributed by atoms with E-state index >= 15 is 0 Å². The Balaban J connectivity index is 1.61. The lowest BCUT2D eigenvalue weighted by atomic mass is 9.74. The number of anilines is 2. The zero-order valence-corrected chi connectivity index (χ0v) is 18.3. The maximum absolute atomic E-state index is 2.44. The van der Waals surface area contributed by atoms with E-state index in [9.17, 15) is 0 Å². The number of aryl methyl sites for hydroxylation is 2. The van der Waals surface area contributed by atoms with E-state index in [2.05, 4.69) is 118 Å². The summed E-state index contributed by atoms with van der Waals surface area (Å²) in [5, 5.41) is 0. The zero-order valence-electron chi connectivity index (χ0n) is 18.3. The van der Waals surface area contributed by atoms with Gasteiger partial charge in [-0.05, 0) is 78.6 Å². The second-order valence-corrected chi connectivity index (χ2v) is 9.31. The summed E-state index contributed by atoms with van der Waals surface area (Å²) >= 11 is 0. The third kappa shape index (κ3) is 3.01. The van der Waals surface area contributed by atoms with Gasteiger partial charge in [0.15, 0.2) is 0 Å². The molecule has 0 heterocycles. The molecule has 3 aromatic carbocycles. The molecular formula is C29H29N. The Morgan fingerprint density at radius 2 is 1.30 bits per heavy atom. The molecule has 1 nitrogen and oxygen atoms in total. The Hall–Kier alpha value is -3.06. The van der Waals surface area contributed by atoms with E-state index < -0.39 is 0 Å². The van der Waals surface area contributed by atoms with Gasteiger partial charge in [-0.3, -0.25) is 0 Å². The zero-order chi connectivity index (χ0) is 20.9. The van der Waals surface area contributed by atoms with Crippen molar-refractivity contribution in [3.8, 4) is 0 Å². The fraction of sp³-hybridized carbons (Fsp3) is 0.241. The third-order valence-corrected chi connectivity index (χ3v) is 6.92. The highest BCUT2D eigenvalue weighted by molar-refractivity contribution is 5.81.